The number of carbonyl (C=O) groups is 1. The summed E-state index contributed by atoms with van der Waals surface area (Å²) in [4.78, 5) is 16.6. The maximum atomic E-state index is 11.7. The summed E-state index contributed by atoms with van der Waals surface area (Å²) in [5.74, 6) is 0.0905. The van der Waals surface area contributed by atoms with Crippen LogP contribution in [0.25, 0.3) is 0 Å². The summed E-state index contributed by atoms with van der Waals surface area (Å²) < 4.78 is 5.75. The molecule has 4 heteroatoms. The molecular formula is C14H19NO3. The van der Waals surface area contributed by atoms with Gasteiger partial charge in [0.05, 0.1) is 19.8 Å². The average Bonchev–Trinajstić information content (AvgIpc) is 2.36. The van der Waals surface area contributed by atoms with Gasteiger partial charge < -0.3 is 4.74 Å². The molecule has 1 aliphatic carbocycles. The van der Waals surface area contributed by atoms with E-state index in [1.807, 2.05) is 30.3 Å². The highest BCUT2D eigenvalue weighted by atomic mass is 16.7. The first-order valence-corrected chi connectivity index (χ1v) is 6.18. The van der Waals surface area contributed by atoms with Crippen molar-refractivity contribution in [3.05, 3.63) is 35.9 Å². The summed E-state index contributed by atoms with van der Waals surface area (Å²) in [5, 5.41) is 1.29. The molecule has 98 valence electrons. The lowest BCUT2D eigenvalue weighted by Gasteiger charge is -2.35. The fourth-order valence-electron chi connectivity index (χ4n) is 2.04. The van der Waals surface area contributed by atoms with Crippen molar-refractivity contribution in [1.29, 1.82) is 0 Å². The normalized spacial score (nSPS) is 22.3. The molecule has 0 radical (unpaired) electrons. The van der Waals surface area contributed by atoms with E-state index in [1.165, 1.54) is 17.7 Å². The summed E-state index contributed by atoms with van der Waals surface area (Å²) in [7, 11) is 3.14. The Hall–Kier alpha value is -1.39. The number of nitrogens with zero attached hydrogens (tertiary/aromatic N) is 1. The smallest absolute Gasteiger partial charge is 0.249 e. The van der Waals surface area contributed by atoms with Crippen LogP contribution in [0.2, 0.25) is 0 Å². The SMILES string of the molecule is CON(C)C(=O)C1CC(OCc2ccccc2)C1. The summed E-state index contributed by atoms with van der Waals surface area (Å²) in [6, 6.07) is 10.1. The molecule has 1 fully saturated rings. The van der Waals surface area contributed by atoms with Gasteiger partial charge in [0.25, 0.3) is 0 Å². The van der Waals surface area contributed by atoms with Crippen LogP contribution in [0.15, 0.2) is 30.3 Å². The van der Waals surface area contributed by atoms with Gasteiger partial charge in [0.1, 0.15) is 0 Å². The predicted octanol–water partition coefficient (Wildman–Crippen LogP) is 2.00. The van der Waals surface area contributed by atoms with E-state index in [2.05, 4.69) is 0 Å². The highest BCUT2D eigenvalue weighted by Crippen LogP contribution is 2.32. The van der Waals surface area contributed by atoms with Gasteiger partial charge in [-0.05, 0) is 18.4 Å². The van der Waals surface area contributed by atoms with Crippen LogP contribution < -0.4 is 0 Å². The van der Waals surface area contributed by atoms with E-state index in [4.69, 9.17) is 9.57 Å². The molecule has 0 spiro atoms. The van der Waals surface area contributed by atoms with Crippen LogP contribution in [0.4, 0.5) is 0 Å². The van der Waals surface area contributed by atoms with E-state index in [0.717, 1.165) is 12.8 Å². The number of ether oxygens (including phenoxy) is 1. The maximum absolute atomic E-state index is 11.7. The number of benzene rings is 1. The summed E-state index contributed by atoms with van der Waals surface area (Å²) in [5.41, 5.74) is 1.17. The molecule has 0 aliphatic heterocycles. The zero-order valence-corrected chi connectivity index (χ0v) is 10.8. The van der Waals surface area contributed by atoms with Crippen molar-refractivity contribution >= 4 is 5.91 Å². The fraction of sp³-hybridized carbons (Fsp3) is 0.500. The summed E-state index contributed by atoms with van der Waals surface area (Å²) in [6.45, 7) is 0.618. The lowest BCUT2D eigenvalue weighted by Crippen LogP contribution is -2.42. The van der Waals surface area contributed by atoms with E-state index >= 15 is 0 Å². The topological polar surface area (TPSA) is 38.8 Å². The van der Waals surface area contributed by atoms with Crippen LogP contribution in [0, 0.1) is 5.92 Å². The fourth-order valence-corrected chi connectivity index (χ4v) is 2.04. The Bertz CT molecular complexity index is 387. The second-order valence-electron chi connectivity index (χ2n) is 4.61. The van der Waals surface area contributed by atoms with Gasteiger partial charge in [-0.3, -0.25) is 9.63 Å². The Labute approximate surface area is 107 Å². The molecule has 2 rings (SSSR count). The van der Waals surface area contributed by atoms with Gasteiger partial charge >= 0.3 is 0 Å². The molecule has 1 aliphatic rings. The van der Waals surface area contributed by atoms with Crippen LogP contribution in [-0.4, -0.2) is 31.2 Å². The molecule has 1 saturated carbocycles. The number of amides is 1. The van der Waals surface area contributed by atoms with Crippen molar-refractivity contribution in [2.45, 2.75) is 25.6 Å². The van der Waals surface area contributed by atoms with Gasteiger partial charge in [-0.1, -0.05) is 30.3 Å². The molecular weight excluding hydrogens is 230 g/mol. The second kappa shape index (κ2) is 5.98. The van der Waals surface area contributed by atoms with Crippen LogP contribution in [0.3, 0.4) is 0 Å². The number of carbonyl (C=O) groups excluding carboxylic acids is 1. The van der Waals surface area contributed by atoms with Gasteiger partial charge in [-0.2, -0.15) is 0 Å². The van der Waals surface area contributed by atoms with Crippen molar-refractivity contribution < 1.29 is 14.4 Å². The van der Waals surface area contributed by atoms with Gasteiger partial charge in [0, 0.05) is 13.0 Å². The van der Waals surface area contributed by atoms with Crippen molar-refractivity contribution in [2.24, 2.45) is 5.92 Å². The molecule has 0 saturated heterocycles. The average molecular weight is 249 g/mol. The third-order valence-corrected chi connectivity index (χ3v) is 3.36. The first kappa shape index (κ1) is 13.1. The zero-order chi connectivity index (χ0) is 13.0. The third kappa shape index (κ3) is 3.09. The number of hydrogen-bond acceptors (Lipinski definition) is 3. The zero-order valence-electron chi connectivity index (χ0n) is 10.8. The first-order valence-electron chi connectivity index (χ1n) is 6.18. The van der Waals surface area contributed by atoms with Gasteiger partial charge in [-0.15, -0.1) is 0 Å². The molecule has 0 N–H and O–H groups in total. The van der Waals surface area contributed by atoms with E-state index < -0.39 is 0 Å². The van der Waals surface area contributed by atoms with Crippen molar-refractivity contribution in [3.63, 3.8) is 0 Å². The quantitative estimate of drug-likeness (QED) is 0.749. The first-order chi connectivity index (χ1) is 8.70. The molecule has 18 heavy (non-hydrogen) atoms. The summed E-state index contributed by atoms with van der Waals surface area (Å²) >= 11 is 0. The summed E-state index contributed by atoms with van der Waals surface area (Å²) in [6.07, 6.45) is 1.78. The van der Waals surface area contributed by atoms with Crippen LogP contribution >= 0.6 is 0 Å². The van der Waals surface area contributed by atoms with Gasteiger partial charge in [-0.25, -0.2) is 5.06 Å². The molecule has 0 unspecified atom stereocenters. The van der Waals surface area contributed by atoms with E-state index in [9.17, 15) is 4.79 Å². The van der Waals surface area contributed by atoms with E-state index in [1.54, 1.807) is 7.05 Å². The van der Waals surface area contributed by atoms with Crippen molar-refractivity contribution in [2.75, 3.05) is 14.2 Å². The van der Waals surface area contributed by atoms with Gasteiger partial charge in [0.2, 0.25) is 5.91 Å². The Kier molecular flexibility index (Phi) is 4.33. The minimum absolute atomic E-state index is 0.0389. The number of hydrogen-bond donors (Lipinski definition) is 0. The molecule has 0 heterocycles. The monoisotopic (exact) mass is 249 g/mol. The molecule has 1 aromatic carbocycles. The molecule has 0 aromatic heterocycles. The Morgan fingerprint density at radius 2 is 2.00 bits per heavy atom. The molecule has 0 atom stereocenters. The van der Waals surface area contributed by atoms with Gasteiger partial charge in [0.15, 0.2) is 0 Å². The van der Waals surface area contributed by atoms with Crippen LogP contribution in [0.1, 0.15) is 18.4 Å². The minimum Gasteiger partial charge on any atom is -0.373 e. The number of hydroxylamine groups is 2. The third-order valence-electron chi connectivity index (χ3n) is 3.36. The van der Waals surface area contributed by atoms with Crippen LogP contribution in [-0.2, 0) is 21.0 Å². The largest absolute Gasteiger partial charge is 0.373 e. The lowest BCUT2D eigenvalue weighted by atomic mass is 9.81. The van der Waals surface area contributed by atoms with E-state index in [-0.39, 0.29) is 17.9 Å². The predicted molar refractivity (Wildman–Crippen MR) is 67.5 cm³/mol. The minimum atomic E-state index is 0.0389. The molecule has 1 amide bonds. The van der Waals surface area contributed by atoms with E-state index in [0.29, 0.717) is 6.61 Å². The van der Waals surface area contributed by atoms with Crippen LogP contribution in [0.5, 0.6) is 0 Å². The Balaban J connectivity index is 1.69. The molecule has 0 bridgehead atoms. The standard InChI is InChI=1S/C14H19NO3/c1-15(17-2)14(16)12-8-13(9-12)18-10-11-6-4-3-5-7-11/h3-7,12-13H,8-10H2,1-2H3. The highest BCUT2D eigenvalue weighted by molar-refractivity contribution is 5.78. The Morgan fingerprint density at radius 1 is 1.33 bits per heavy atom. The highest BCUT2D eigenvalue weighted by Gasteiger charge is 2.36. The second-order valence-corrected chi connectivity index (χ2v) is 4.61. The molecule has 1 aromatic rings. The lowest BCUT2D eigenvalue weighted by molar-refractivity contribution is -0.181. The Morgan fingerprint density at radius 3 is 2.61 bits per heavy atom. The van der Waals surface area contributed by atoms with Crippen molar-refractivity contribution in [1.82, 2.24) is 5.06 Å². The molecule has 4 nitrogen and oxygen atoms in total. The van der Waals surface area contributed by atoms with Crippen molar-refractivity contribution in [3.8, 4) is 0 Å². The number of rotatable bonds is 5. The maximum Gasteiger partial charge on any atom is 0.249 e.